The standard InChI is InChI=1S/C14H19ClO5S/c1-21(16,17)20-10-9-19-14(7-2-3-8-18-14)12-5-4-6-13(15)11-12/h4-6,11H,2-3,7-10H2,1H3/t14-/m0/s1. The maximum absolute atomic E-state index is 11.0. The van der Waals surface area contributed by atoms with Gasteiger partial charge < -0.3 is 9.47 Å². The van der Waals surface area contributed by atoms with Crippen molar-refractivity contribution in [3.05, 3.63) is 34.9 Å². The van der Waals surface area contributed by atoms with Gasteiger partial charge in [0.1, 0.15) is 0 Å². The molecule has 0 aliphatic carbocycles. The molecule has 1 aromatic rings. The van der Waals surface area contributed by atoms with E-state index in [1.165, 1.54) is 0 Å². The molecule has 118 valence electrons. The number of hydrogen-bond acceptors (Lipinski definition) is 5. The van der Waals surface area contributed by atoms with Crippen LogP contribution in [0.3, 0.4) is 0 Å². The molecule has 21 heavy (non-hydrogen) atoms. The molecule has 0 saturated carbocycles. The van der Waals surface area contributed by atoms with Crippen LogP contribution < -0.4 is 0 Å². The van der Waals surface area contributed by atoms with Crippen LogP contribution in [0.1, 0.15) is 24.8 Å². The van der Waals surface area contributed by atoms with Gasteiger partial charge in [-0.25, -0.2) is 0 Å². The highest BCUT2D eigenvalue weighted by Gasteiger charge is 2.36. The van der Waals surface area contributed by atoms with Crippen LogP contribution in [0.5, 0.6) is 0 Å². The van der Waals surface area contributed by atoms with Gasteiger partial charge in [-0.2, -0.15) is 8.42 Å². The van der Waals surface area contributed by atoms with Crippen LogP contribution in [0.15, 0.2) is 24.3 Å². The van der Waals surface area contributed by atoms with Gasteiger partial charge in [-0.05, 0) is 25.0 Å². The highest BCUT2D eigenvalue weighted by Crippen LogP contribution is 2.37. The van der Waals surface area contributed by atoms with E-state index in [2.05, 4.69) is 0 Å². The summed E-state index contributed by atoms with van der Waals surface area (Å²) in [5.74, 6) is -0.871. The molecular formula is C14H19ClO5S. The lowest BCUT2D eigenvalue weighted by Gasteiger charge is -2.37. The van der Waals surface area contributed by atoms with Crippen LogP contribution in [0, 0.1) is 0 Å². The quantitative estimate of drug-likeness (QED) is 0.591. The summed E-state index contributed by atoms with van der Waals surface area (Å²) in [6.07, 6.45) is 3.66. The van der Waals surface area contributed by atoms with Crippen molar-refractivity contribution in [2.45, 2.75) is 25.0 Å². The first-order valence-corrected chi connectivity index (χ1v) is 8.99. The summed E-state index contributed by atoms with van der Waals surface area (Å²) >= 11 is 6.03. The largest absolute Gasteiger partial charge is 0.346 e. The third kappa shape index (κ3) is 4.93. The molecule has 0 aromatic heterocycles. The van der Waals surface area contributed by atoms with Crippen LogP contribution in [-0.4, -0.2) is 34.5 Å². The van der Waals surface area contributed by atoms with Gasteiger partial charge in [-0.3, -0.25) is 4.18 Å². The van der Waals surface area contributed by atoms with Crippen molar-refractivity contribution in [2.24, 2.45) is 0 Å². The van der Waals surface area contributed by atoms with E-state index in [9.17, 15) is 8.42 Å². The second-order valence-electron chi connectivity index (χ2n) is 4.94. The van der Waals surface area contributed by atoms with Crippen LogP contribution >= 0.6 is 11.6 Å². The monoisotopic (exact) mass is 334 g/mol. The number of hydrogen-bond donors (Lipinski definition) is 0. The Bertz CT molecular complexity index is 566. The molecule has 1 aliphatic heterocycles. The minimum absolute atomic E-state index is 0.0372. The van der Waals surface area contributed by atoms with Crippen molar-refractivity contribution in [3.8, 4) is 0 Å². The zero-order chi connectivity index (χ0) is 15.3. The fraction of sp³-hybridized carbons (Fsp3) is 0.571. The van der Waals surface area contributed by atoms with Gasteiger partial charge in [0.25, 0.3) is 10.1 Å². The molecule has 1 aromatic carbocycles. The molecular weight excluding hydrogens is 316 g/mol. The fourth-order valence-corrected chi connectivity index (χ4v) is 2.87. The third-order valence-corrected chi connectivity index (χ3v) is 4.05. The Balaban J connectivity index is 2.07. The summed E-state index contributed by atoms with van der Waals surface area (Å²) < 4.78 is 38.3. The average Bonchev–Trinajstić information content (AvgIpc) is 2.44. The number of benzene rings is 1. The Morgan fingerprint density at radius 1 is 1.33 bits per heavy atom. The molecule has 1 fully saturated rings. The van der Waals surface area contributed by atoms with Gasteiger partial charge >= 0.3 is 0 Å². The Morgan fingerprint density at radius 2 is 2.14 bits per heavy atom. The van der Waals surface area contributed by atoms with E-state index < -0.39 is 15.9 Å². The first kappa shape index (κ1) is 16.7. The van der Waals surface area contributed by atoms with E-state index in [0.717, 1.165) is 24.7 Å². The molecule has 1 heterocycles. The zero-order valence-corrected chi connectivity index (χ0v) is 13.5. The normalized spacial score (nSPS) is 23.1. The predicted octanol–water partition coefficient (Wildman–Crippen LogP) is 2.69. The van der Waals surface area contributed by atoms with E-state index in [-0.39, 0.29) is 13.2 Å². The third-order valence-electron chi connectivity index (χ3n) is 3.22. The molecule has 0 bridgehead atoms. The van der Waals surface area contributed by atoms with Crippen molar-refractivity contribution in [3.63, 3.8) is 0 Å². The molecule has 0 unspecified atom stereocenters. The van der Waals surface area contributed by atoms with E-state index >= 15 is 0 Å². The summed E-state index contributed by atoms with van der Waals surface area (Å²) in [6.45, 7) is 0.684. The second-order valence-corrected chi connectivity index (χ2v) is 7.02. The van der Waals surface area contributed by atoms with Crippen molar-refractivity contribution in [1.29, 1.82) is 0 Å². The summed E-state index contributed by atoms with van der Waals surface area (Å²) in [5.41, 5.74) is 0.842. The molecule has 1 aliphatic rings. The number of ether oxygens (including phenoxy) is 2. The highest BCUT2D eigenvalue weighted by atomic mass is 35.5. The van der Waals surface area contributed by atoms with Crippen LogP contribution in [-0.2, 0) is 29.6 Å². The highest BCUT2D eigenvalue weighted by molar-refractivity contribution is 7.85. The minimum atomic E-state index is -3.46. The van der Waals surface area contributed by atoms with E-state index in [1.54, 1.807) is 6.07 Å². The van der Waals surface area contributed by atoms with Crippen molar-refractivity contribution >= 4 is 21.7 Å². The van der Waals surface area contributed by atoms with Crippen LogP contribution in [0.25, 0.3) is 0 Å². The van der Waals surface area contributed by atoms with Crippen LogP contribution in [0.2, 0.25) is 5.02 Å². The first-order valence-electron chi connectivity index (χ1n) is 6.80. The first-order chi connectivity index (χ1) is 9.91. The summed E-state index contributed by atoms with van der Waals surface area (Å²) in [4.78, 5) is 0. The molecule has 7 heteroatoms. The van der Waals surface area contributed by atoms with Crippen molar-refractivity contribution in [2.75, 3.05) is 26.1 Å². The lowest BCUT2D eigenvalue weighted by Crippen LogP contribution is -2.37. The topological polar surface area (TPSA) is 61.8 Å². The van der Waals surface area contributed by atoms with E-state index in [1.807, 2.05) is 18.2 Å². The summed E-state index contributed by atoms with van der Waals surface area (Å²) in [5, 5.41) is 0.608. The predicted molar refractivity (Wildman–Crippen MR) is 79.7 cm³/mol. The van der Waals surface area contributed by atoms with Crippen molar-refractivity contribution in [1.82, 2.24) is 0 Å². The molecule has 0 amide bonds. The van der Waals surface area contributed by atoms with Gasteiger partial charge in [0.15, 0.2) is 5.79 Å². The Hall–Kier alpha value is -0.660. The lowest BCUT2D eigenvalue weighted by atomic mass is 9.97. The molecule has 1 saturated heterocycles. The maximum Gasteiger partial charge on any atom is 0.264 e. The van der Waals surface area contributed by atoms with Crippen molar-refractivity contribution < 1.29 is 22.1 Å². The van der Waals surface area contributed by atoms with Gasteiger partial charge in [0, 0.05) is 17.0 Å². The van der Waals surface area contributed by atoms with Gasteiger partial charge in [0.2, 0.25) is 0 Å². The van der Waals surface area contributed by atoms with Gasteiger partial charge in [-0.1, -0.05) is 23.7 Å². The maximum atomic E-state index is 11.0. The molecule has 5 nitrogen and oxygen atoms in total. The molecule has 0 N–H and O–H groups in total. The van der Waals surface area contributed by atoms with E-state index in [0.29, 0.717) is 18.1 Å². The molecule has 1 atom stereocenters. The molecule has 2 rings (SSSR count). The summed E-state index contributed by atoms with van der Waals surface area (Å²) in [6, 6.07) is 7.33. The Morgan fingerprint density at radius 3 is 2.76 bits per heavy atom. The lowest BCUT2D eigenvalue weighted by molar-refractivity contribution is -0.267. The minimum Gasteiger partial charge on any atom is -0.346 e. The van der Waals surface area contributed by atoms with E-state index in [4.69, 9.17) is 25.3 Å². The SMILES string of the molecule is CS(=O)(=O)OCCO[C@]1(c2cccc(Cl)c2)CCCCO1. The smallest absolute Gasteiger partial charge is 0.264 e. The second kappa shape index (κ2) is 7.07. The van der Waals surface area contributed by atoms with Crippen LogP contribution in [0.4, 0.5) is 0 Å². The fourth-order valence-electron chi connectivity index (χ4n) is 2.31. The summed E-state index contributed by atoms with van der Waals surface area (Å²) in [7, 11) is -3.46. The Labute approximate surface area is 130 Å². The van der Waals surface area contributed by atoms with Gasteiger partial charge in [0.05, 0.1) is 26.1 Å². The average molecular weight is 335 g/mol. The molecule has 0 spiro atoms. The molecule has 0 radical (unpaired) electrons. The number of rotatable bonds is 6. The van der Waals surface area contributed by atoms with Gasteiger partial charge in [-0.15, -0.1) is 0 Å². The Kier molecular flexibility index (Phi) is 5.62. The number of halogens is 1. The zero-order valence-electron chi connectivity index (χ0n) is 11.9.